The molecule has 0 unspecified atom stereocenters. The molecule has 0 radical (unpaired) electrons. The Morgan fingerprint density at radius 1 is 1.09 bits per heavy atom. The van der Waals surface area contributed by atoms with E-state index in [1.54, 1.807) is 12.2 Å². The lowest BCUT2D eigenvalue weighted by Gasteiger charge is -1.92. The van der Waals surface area contributed by atoms with Crippen molar-refractivity contribution in [1.82, 2.24) is 0 Å². The molecule has 1 aromatic carbocycles. The fraction of sp³-hybridized carbons (Fsp3) is 0. The summed E-state index contributed by atoms with van der Waals surface area (Å²) in [6.07, 6.45) is 12.9. The normalized spacial score (nSPS) is 13.6. The number of carbonyl (C=O) groups is 2. The van der Waals surface area contributed by atoms with E-state index in [9.17, 15) is 9.59 Å². The van der Waals surface area contributed by atoms with Crippen LogP contribution in [-0.4, -0.2) is 11.9 Å². The zero-order valence-electron chi connectivity index (χ0n) is 12.4. The van der Waals surface area contributed by atoms with E-state index in [-0.39, 0.29) is 0 Å². The van der Waals surface area contributed by atoms with Crippen molar-refractivity contribution in [3.8, 4) is 6.07 Å². The maximum absolute atomic E-state index is 9.92. The third-order valence-electron chi connectivity index (χ3n) is 2.48. The molecule has 0 amide bonds. The molecule has 0 aromatic heterocycles. The SMILES string of the molecule is C=CC=CC(C=Cc1ccccc1)=CC#N.O=C1C=CC(=O)O1. The average molecular weight is 305 g/mol. The summed E-state index contributed by atoms with van der Waals surface area (Å²) in [4.78, 5) is 19.8. The van der Waals surface area contributed by atoms with E-state index in [1.165, 1.54) is 6.08 Å². The van der Waals surface area contributed by atoms with Crippen molar-refractivity contribution in [2.24, 2.45) is 0 Å². The van der Waals surface area contributed by atoms with Gasteiger partial charge < -0.3 is 4.74 Å². The summed E-state index contributed by atoms with van der Waals surface area (Å²) in [7, 11) is 0. The van der Waals surface area contributed by atoms with Crippen LogP contribution in [0.4, 0.5) is 0 Å². The molecule has 1 aromatic rings. The van der Waals surface area contributed by atoms with Gasteiger partial charge in [-0.2, -0.15) is 5.26 Å². The van der Waals surface area contributed by atoms with E-state index in [4.69, 9.17) is 5.26 Å². The third kappa shape index (κ3) is 7.78. The maximum Gasteiger partial charge on any atom is 0.338 e. The minimum atomic E-state index is -0.579. The predicted octanol–water partition coefficient (Wildman–Crippen LogP) is 3.52. The zero-order chi connectivity index (χ0) is 16.9. The van der Waals surface area contributed by atoms with E-state index in [1.807, 2.05) is 54.6 Å². The molecule has 0 aliphatic carbocycles. The van der Waals surface area contributed by atoms with Gasteiger partial charge in [-0.3, -0.25) is 0 Å². The lowest BCUT2D eigenvalue weighted by molar-refractivity contribution is -0.150. The van der Waals surface area contributed by atoms with E-state index in [0.29, 0.717) is 0 Å². The van der Waals surface area contributed by atoms with Gasteiger partial charge in [-0.05, 0) is 11.1 Å². The molecule has 1 aliphatic heterocycles. The van der Waals surface area contributed by atoms with Gasteiger partial charge >= 0.3 is 11.9 Å². The second kappa shape index (κ2) is 10.3. The molecule has 4 heteroatoms. The van der Waals surface area contributed by atoms with E-state index < -0.39 is 11.9 Å². The van der Waals surface area contributed by atoms with Gasteiger partial charge in [-0.25, -0.2) is 9.59 Å². The first-order chi connectivity index (χ1) is 11.2. The number of ether oxygens (including phenoxy) is 1. The lowest BCUT2D eigenvalue weighted by Crippen LogP contribution is -1.96. The molecule has 0 bridgehead atoms. The third-order valence-corrected chi connectivity index (χ3v) is 2.48. The molecule has 4 nitrogen and oxygen atoms in total. The molecule has 2 rings (SSSR count). The van der Waals surface area contributed by atoms with Gasteiger partial charge in [0, 0.05) is 18.2 Å². The van der Waals surface area contributed by atoms with Crippen molar-refractivity contribution in [3.63, 3.8) is 0 Å². The standard InChI is InChI=1S/C15H13N.C4H2O3/c1-2-3-7-15(12-13-16)11-10-14-8-5-4-6-9-14;5-3-1-2-4(6)7-3/h2-12H,1H2;1-2H. The Bertz CT molecular complexity index is 701. The zero-order valence-corrected chi connectivity index (χ0v) is 12.4. The van der Waals surface area contributed by atoms with Gasteiger partial charge in [0.25, 0.3) is 0 Å². The van der Waals surface area contributed by atoms with Crippen LogP contribution in [0.3, 0.4) is 0 Å². The Labute approximate surface area is 135 Å². The predicted molar refractivity (Wildman–Crippen MR) is 88.7 cm³/mol. The second-order valence-corrected chi connectivity index (χ2v) is 4.19. The fourth-order valence-corrected chi connectivity index (χ4v) is 1.47. The quantitative estimate of drug-likeness (QED) is 0.369. The highest BCUT2D eigenvalue weighted by Gasteiger charge is 2.10. The monoisotopic (exact) mass is 305 g/mol. The second-order valence-electron chi connectivity index (χ2n) is 4.19. The van der Waals surface area contributed by atoms with Gasteiger partial charge in [-0.1, -0.05) is 67.3 Å². The van der Waals surface area contributed by atoms with Crippen LogP contribution < -0.4 is 0 Å². The smallest absolute Gasteiger partial charge is 0.338 e. The maximum atomic E-state index is 9.92. The van der Waals surface area contributed by atoms with Crippen LogP contribution in [0.5, 0.6) is 0 Å². The number of nitriles is 1. The number of carbonyl (C=O) groups excluding carboxylic acids is 2. The molecule has 1 heterocycles. The Balaban J connectivity index is 0.000000313. The minimum absolute atomic E-state index is 0.579. The van der Waals surface area contributed by atoms with Crippen molar-refractivity contribution in [2.75, 3.05) is 0 Å². The Kier molecular flexibility index (Phi) is 7.88. The molecule has 0 atom stereocenters. The lowest BCUT2D eigenvalue weighted by atomic mass is 10.1. The van der Waals surface area contributed by atoms with E-state index in [2.05, 4.69) is 11.3 Å². The first-order valence-corrected chi connectivity index (χ1v) is 6.71. The molecule has 0 N–H and O–H groups in total. The molecule has 1 aliphatic rings. The van der Waals surface area contributed by atoms with E-state index >= 15 is 0 Å². The van der Waals surface area contributed by atoms with Crippen molar-refractivity contribution in [1.29, 1.82) is 5.26 Å². The van der Waals surface area contributed by atoms with Gasteiger partial charge in [0.05, 0.1) is 6.07 Å². The number of benzene rings is 1. The first kappa shape index (κ1) is 17.6. The number of esters is 2. The van der Waals surface area contributed by atoms with E-state index in [0.717, 1.165) is 23.3 Å². The Hall–Kier alpha value is -3.45. The molecule has 23 heavy (non-hydrogen) atoms. The van der Waals surface area contributed by atoms with Crippen LogP contribution in [0.25, 0.3) is 6.08 Å². The Morgan fingerprint density at radius 2 is 1.74 bits per heavy atom. The van der Waals surface area contributed by atoms with Gasteiger partial charge in [0.2, 0.25) is 0 Å². The summed E-state index contributed by atoms with van der Waals surface area (Å²) in [5.74, 6) is -1.16. The summed E-state index contributed by atoms with van der Waals surface area (Å²) in [6.45, 7) is 3.59. The van der Waals surface area contributed by atoms with Crippen molar-refractivity contribution in [3.05, 3.63) is 90.6 Å². The summed E-state index contributed by atoms with van der Waals surface area (Å²) in [5, 5.41) is 8.61. The summed E-state index contributed by atoms with van der Waals surface area (Å²) in [6, 6.07) is 12.0. The van der Waals surface area contributed by atoms with Gasteiger partial charge in [0.15, 0.2) is 0 Å². The van der Waals surface area contributed by atoms with Crippen LogP contribution in [0.2, 0.25) is 0 Å². The molecule has 0 saturated carbocycles. The molecule has 0 spiro atoms. The number of hydrogen-bond donors (Lipinski definition) is 0. The molecular weight excluding hydrogens is 290 g/mol. The first-order valence-electron chi connectivity index (χ1n) is 6.71. The molecule has 0 saturated heterocycles. The van der Waals surface area contributed by atoms with Crippen LogP contribution in [0, 0.1) is 11.3 Å². The molecular formula is C19H15NO3. The van der Waals surface area contributed by atoms with Crippen molar-refractivity contribution in [2.45, 2.75) is 0 Å². The van der Waals surface area contributed by atoms with Gasteiger partial charge in [0.1, 0.15) is 0 Å². The Morgan fingerprint density at radius 3 is 2.22 bits per heavy atom. The number of hydrogen-bond acceptors (Lipinski definition) is 4. The number of nitrogens with zero attached hydrogens (tertiary/aromatic N) is 1. The van der Waals surface area contributed by atoms with Gasteiger partial charge in [-0.15, -0.1) is 0 Å². The van der Waals surface area contributed by atoms with Crippen LogP contribution in [0.1, 0.15) is 5.56 Å². The van der Waals surface area contributed by atoms with Crippen LogP contribution in [0.15, 0.2) is 85.0 Å². The number of allylic oxidation sites excluding steroid dienone is 6. The van der Waals surface area contributed by atoms with Crippen LogP contribution in [-0.2, 0) is 14.3 Å². The van der Waals surface area contributed by atoms with Crippen LogP contribution >= 0.6 is 0 Å². The number of cyclic esters (lactones) is 2. The highest BCUT2D eigenvalue weighted by Crippen LogP contribution is 2.06. The van der Waals surface area contributed by atoms with Crippen molar-refractivity contribution < 1.29 is 14.3 Å². The summed E-state index contributed by atoms with van der Waals surface area (Å²) >= 11 is 0. The molecule has 0 fully saturated rings. The average Bonchev–Trinajstić information content (AvgIpc) is 2.95. The number of rotatable bonds is 4. The topological polar surface area (TPSA) is 67.2 Å². The highest BCUT2D eigenvalue weighted by molar-refractivity contribution is 6.04. The molecule has 114 valence electrons. The fourth-order valence-electron chi connectivity index (χ4n) is 1.47. The summed E-state index contributed by atoms with van der Waals surface area (Å²) in [5.41, 5.74) is 1.96. The minimum Gasteiger partial charge on any atom is -0.387 e. The van der Waals surface area contributed by atoms with Crippen molar-refractivity contribution >= 4 is 18.0 Å². The summed E-state index contributed by atoms with van der Waals surface area (Å²) < 4.78 is 3.97. The largest absolute Gasteiger partial charge is 0.387 e. The highest BCUT2D eigenvalue weighted by atomic mass is 16.6.